The van der Waals surface area contributed by atoms with Gasteiger partial charge in [-0.05, 0) is 25.1 Å². The Morgan fingerprint density at radius 1 is 1.70 bits per heavy atom. The zero-order chi connectivity index (χ0) is 6.97. The normalized spacial score (nSPS) is 24.3. The molecule has 1 aromatic rings. The Hall–Kier alpha value is -0.760. The molecule has 0 amide bonds. The van der Waals surface area contributed by atoms with Gasteiger partial charge in [-0.1, -0.05) is 0 Å². The van der Waals surface area contributed by atoms with Crippen LogP contribution in [0.1, 0.15) is 18.2 Å². The van der Waals surface area contributed by atoms with Crippen LogP contribution in [0.5, 0.6) is 0 Å². The number of aromatic nitrogens is 1. The summed E-state index contributed by atoms with van der Waals surface area (Å²) < 4.78 is 2.18. The third-order valence-electron chi connectivity index (χ3n) is 2.16. The van der Waals surface area contributed by atoms with E-state index in [1.165, 1.54) is 18.7 Å². The van der Waals surface area contributed by atoms with Crippen LogP contribution in [0, 0.1) is 0 Å². The average Bonchev–Trinajstić information content (AvgIpc) is 2.12. The summed E-state index contributed by atoms with van der Waals surface area (Å²) in [6.07, 6.45) is 3.38. The van der Waals surface area contributed by atoms with E-state index in [2.05, 4.69) is 35.3 Å². The van der Waals surface area contributed by atoms with E-state index in [-0.39, 0.29) is 0 Å². The van der Waals surface area contributed by atoms with E-state index < -0.39 is 0 Å². The van der Waals surface area contributed by atoms with E-state index in [4.69, 9.17) is 0 Å². The summed E-state index contributed by atoms with van der Waals surface area (Å²) in [5.74, 6) is 0. The number of aryl methyl sites for hydroxylation is 1. The molecule has 1 atom stereocenters. The van der Waals surface area contributed by atoms with Gasteiger partial charge < -0.3 is 9.88 Å². The SMILES string of the molecule is Cn1cccc1C1CCN1. The van der Waals surface area contributed by atoms with Crippen molar-refractivity contribution in [2.75, 3.05) is 6.54 Å². The molecule has 2 nitrogen and oxygen atoms in total. The zero-order valence-corrected chi connectivity index (χ0v) is 6.17. The number of nitrogens with one attached hydrogen (secondary N) is 1. The Bertz CT molecular complexity index is 223. The maximum Gasteiger partial charge on any atom is 0.0486 e. The van der Waals surface area contributed by atoms with E-state index in [1.807, 2.05) is 0 Å². The van der Waals surface area contributed by atoms with Gasteiger partial charge in [-0.25, -0.2) is 0 Å². The van der Waals surface area contributed by atoms with Crippen LogP contribution in [-0.4, -0.2) is 11.1 Å². The molecular formula is C8H12N2. The predicted molar refractivity (Wildman–Crippen MR) is 40.8 cm³/mol. The minimum absolute atomic E-state index is 0.625. The zero-order valence-electron chi connectivity index (χ0n) is 6.17. The van der Waals surface area contributed by atoms with Gasteiger partial charge in [-0.2, -0.15) is 0 Å². The van der Waals surface area contributed by atoms with Crippen LogP contribution in [-0.2, 0) is 7.05 Å². The van der Waals surface area contributed by atoms with Gasteiger partial charge in [0.15, 0.2) is 0 Å². The highest BCUT2D eigenvalue weighted by Crippen LogP contribution is 2.21. The van der Waals surface area contributed by atoms with Crippen LogP contribution in [0.3, 0.4) is 0 Å². The quantitative estimate of drug-likeness (QED) is 0.611. The molecule has 1 aliphatic rings. The summed E-state index contributed by atoms with van der Waals surface area (Å²) in [4.78, 5) is 0. The summed E-state index contributed by atoms with van der Waals surface area (Å²) in [7, 11) is 2.09. The van der Waals surface area contributed by atoms with Crippen LogP contribution < -0.4 is 5.32 Å². The predicted octanol–water partition coefficient (Wildman–Crippen LogP) is 1.06. The lowest BCUT2D eigenvalue weighted by Gasteiger charge is -2.28. The molecular weight excluding hydrogens is 124 g/mol. The molecule has 54 valence electrons. The molecule has 0 aromatic carbocycles. The molecule has 1 aromatic heterocycles. The Labute approximate surface area is 60.9 Å². The van der Waals surface area contributed by atoms with Crippen LogP contribution in [0.4, 0.5) is 0 Å². The van der Waals surface area contributed by atoms with Crippen molar-refractivity contribution in [2.45, 2.75) is 12.5 Å². The summed E-state index contributed by atoms with van der Waals surface area (Å²) in [5.41, 5.74) is 1.41. The summed E-state index contributed by atoms with van der Waals surface area (Å²) in [6, 6.07) is 4.89. The number of hydrogen-bond acceptors (Lipinski definition) is 1. The Morgan fingerprint density at radius 3 is 2.90 bits per heavy atom. The molecule has 10 heavy (non-hydrogen) atoms. The number of nitrogens with zero attached hydrogens (tertiary/aromatic N) is 1. The van der Waals surface area contributed by atoms with E-state index in [0.29, 0.717) is 6.04 Å². The minimum Gasteiger partial charge on any atom is -0.353 e. The van der Waals surface area contributed by atoms with Crippen LogP contribution in [0.25, 0.3) is 0 Å². The summed E-state index contributed by atoms with van der Waals surface area (Å²) in [5, 5.41) is 3.37. The maximum absolute atomic E-state index is 3.37. The highest BCUT2D eigenvalue weighted by atomic mass is 15.0. The molecule has 0 saturated carbocycles. The van der Waals surface area contributed by atoms with E-state index in [0.717, 1.165) is 0 Å². The highest BCUT2D eigenvalue weighted by Gasteiger charge is 2.19. The largest absolute Gasteiger partial charge is 0.353 e. The van der Waals surface area contributed by atoms with Crippen molar-refractivity contribution in [3.8, 4) is 0 Å². The van der Waals surface area contributed by atoms with Gasteiger partial charge in [-0.15, -0.1) is 0 Å². The second kappa shape index (κ2) is 2.13. The standard InChI is InChI=1S/C8H12N2/c1-10-6-2-3-8(10)7-4-5-9-7/h2-3,6-7,9H,4-5H2,1H3. The molecule has 1 fully saturated rings. The van der Waals surface area contributed by atoms with Crippen molar-refractivity contribution < 1.29 is 0 Å². The van der Waals surface area contributed by atoms with Gasteiger partial charge in [0, 0.05) is 25.0 Å². The molecule has 0 radical (unpaired) electrons. The molecule has 0 aliphatic carbocycles. The number of rotatable bonds is 1. The lowest BCUT2D eigenvalue weighted by Crippen LogP contribution is -2.36. The molecule has 0 spiro atoms. The molecule has 0 bridgehead atoms. The van der Waals surface area contributed by atoms with Crippen molar-refractivity contribution in [3.05, 3.63) is 24.0 Å². The van der Waals surface area contributed by atoms with Crippen molar-refractivity contribution >= 4 is 0 Å². The average molecular weight is 136 g/mol. The van der Waals surface area contributed by atoms with Gasteiger partial charge in [0.1, 0.15) is 0 Å². The van der Waals surface area contributed by atoms with E-state index in [1.54, 1.807) is 0 Å². The molecule has 1 aliphatic heterocycles. The number of hydrogen-bond donors (Lipinski definition) is 1. The van der Waals surface area contributed by atoms with Crippen molar-refractivity contribution in [1.29, 1.82) is 0 Å². The second-order valence-corrected chi connectivity index (χ2v) is 2.84. The van der Waals surface area contributed by atoms with E-state index in [9.17, 15) is 0 Å². The molecule has 2 heteroatoms. The molecule has 1 N–H and O–H groups in total. The first-order valence-electron chi connectivity index (χ1n) is 3.72. The second-order valence-electron chi connectivity index (χ2n) is 2.84. The van der Waals surface area contributed by atoms with Crippen molar-refractivity contribution in [1.82, 2.24) is 9.88 Å². The molecule has 2 rings (SSSR count). The third kappa shape index (κ3) is 0.762. The van der Waals surface area contributed by atoms with Crippen molar-refractivity contribution in [3.63, 3.8) is 0 Å². The fourth-order valence-electron chi connectivity index (χ4n) is 1.38. The van der Waals surface area contributed by atoms with Crippen LogP contribution in [0.2, 0.25) is 0 Å². The molecule has 1 unspecified atom stereocenters. The van der Waals surface area contributed by atoms with Crippen LogP contribution in [0.15, 0.2) is 18.3 Å². The first-order chi connectivity index (χ1) is 4.88. The fourth-order valence-corrected chi connectivity index (χ4v) is 1.38. The monoisotopic (exact) mass is 136 g/mol. The van der Waals surface area contributed by atoms with E-state index >= 15 is 0 Å². The lowest BCUT2D eigenvalue weighted by atomic mass is 10.0. The Morgan fingerprint density at radius 2 is 2.50 bits per heavy atom. The van der Waals surface area contributed by atoms with Gasteiger partial charge in [0.05, 0.1) is 0 Å². The smallest absolute Gasteiger partial charge is 0.0486 e. The topological polar surface area (TPSA) is 17.0 Å². The highest BCUT2D eigenvalue weighted by molar-refractivity contribution is 5.13. The van der Waals surface area contributed by atoms with Gasteiger partial charge in [-0.3, -0.25) is 0 Å². The Balaban J connectivity index is 2.23. The first-order valence-corrected chi connectivity index (χ1v) is 3.72. The minimum atomic E-state index is 0.625. The lowest BCUT2D eigenvalue weighted by molar-refractivity contribution is 0.367. The molecule has 2 heterocycles. The third-order valence-corrected chi connectivity index (χ3v) is 2.16. The maximum atomic E-state index is 3.37. The van der Waals surface area contributed by atoms with Gasteiger partial charge in [0.2, 0.25) is 0 Å². The summed E-state index contributed by atoms with van der Waals surface area (Å²) >= 11 is 0. The summed E-state index contributed by atoms with van der Waals surface area (Å²) in [6.45, 7) is 1.18. The Kier molecular flexibility index (Phi) is 1.27. The van der Waals surface area contributed by atoms with Crippen LogP contribution >= 0.6 is 0 Å². The van der Waals surface area contributed by atoms with Gasteiger partial charge in [0.25, 0.3) is 0 Å². The first kappa shape index (κ1) is 5.98. The van der Waals surface area contributed by atoms with Gasteiger partial charge >= 0.3 is 0 Å². The fraction of sp³-hybridized carbons (Fsp3) is 0.500. The van der Waals surface area contributed by atoms with Crippen molar-refractivity contribution in [2.24, 2.45) is 7.05 Å². The molecule has 1 saturated heterocycles.